The minimum Gasteiger partial charge on any atom is -0.310 e. The van der Waals surface area contributed by atoms with Gasteiger partial charge in [0, 0.05) is 24.0 Å². The molecular weight excluding hydrogens is 248 g/mol. The van der Waals surface area contributed by atoms with Crippen molar-refractivity contribution in [1.82, 2.24) is 5.32 Å². The number of hydrogen-bond acceptors (Lipinski definition) is 4. The van der Waals surface area contributed by atoms with Crippen molar-refractivity contribution in [2.45, 2.75) is 45.7 Å². The lowest BCUT2D eigenvalue weighted by molar-refractivity contribution is -0.380. The first-order valence-electron chi connectivity index (χ1n) is 6.49. The van der Waals surface area contributed by atoms with E-state index in [2.05, 4.69) is 19.2 Å². The van der Waals surface area contributed by atoms with Crippen molar-refractivity contribution in [3.63, 3.8) is 0 Å². The first kappa shape index (κ1) is 13.5. The SMILES string of the molecule is CC1CC(C)CC(NCc2csc([N+](=O)[O-])c2)C1. The predicted octanol–water partition coefficient (Wildman–Crippen LogP) is 3.57. The molecule has 4 nitrogen and oxygen atoms in total. The molecule has 1 fully saturated rings. The van der Waals surface area contributed by atoms with Gasteiger partial charge < -0.3 is 5.32 Å². The average molecular weight is 268 g/mol. The maximum Gasteiger partial charge on any atom is 0.324 e. The number of nitrogens with one attached hydrogen (secondary N) is 1. The van der Waals surface area contributed by atoms with Gasteiger partial charge in [0.05, 0.1) is 4.92 Å². The lowest BCUT2D eigenvalue weighted by Crippen LogP contribution is -2.35. The molecule has 1 saturated carbocycles. The molecule has 0 amide bonds. The van der Waals surface area contributed by atoms with Crippen molar-refractivity contribution in [2.75, 3.05) is 0 Å². The van der Waals surface area contributed by atoms with Crippen LogP contribution in [0, 0.1) is 22.0 Å². The first-order valence-corrected chi connectivity index (χ1v) is 7.37. The summed E-state index contributed by atoms with van der Waals surface area (Å²) >= 11 is 1.21. The third-order valence-electron chi connectivity index (χ3n) is 3.59. The highest BCUT2D eigenvalue weighted by Crippen LogP contribution is 2.29. The Morgan fingerprint density at radius 1 is 1.39 bits per heavy atom. The number of hydrogen-bond donors (Lipinski definition) is 1. The highest BCUT2D eigenvalue weighted by atomic mass is 32.1. The Morgan fingerprint density at radius 3 is 2.61 bits per heavy atom. The predicted molar refractivity (Wildman–Crippen MR) is 73.8 cm³/mol. The Bertz CT molecular complexity index is 409. The highest BCUT2D eigenvalue weighted by molar-refractivity contribution is 7.13. The van der Waals surface area contributed by atoms with E-state index in [1.165, 1.54) is 30.6 Å². The summed E-state index contributed by atoms with van der Waals surface area (Å²) in [6.45, 7) is 5.36. The first-order chi connectivity index (χ1) is 8.54. The molecule has 1 aromatic rings. The van der Waals surface area contributed by atoms with Gasteiger partial charge in [0.2, 0.25) is 0 Å². The molecule has 100 valence electrons. The zero-order chi connectivity index (χ0) is 13.1. The number of rotatable bonds is 4. The summed E-state index contributed by atoms with van der Waals surface area (Å²) in [5.74, 6) is 1.56. The Balaban J connectivity index is 1.85. The molecule has 0 aromatic carbocycles. The summed E-state index contributed by atoms with van der Waals surface area (Å²) in [6, 6.07) is 2.23. The van der Waals surface area contributed by atoms with Crippen LogP contribution in [-0.4, -0.2) is 11.0 Å². The lowest BCUT2D eigenvalue weighted by Gasteiger charge is -2.32. The van der Waals surface area contributed by atoms with Crippen LogP contribution in [0.3, 0.4) is 0 Å². The van der Waals surface area contributed by atoms with E-state index >= 15 is 0 Å². The van der Waals surface area contributed by atoms with Gasteiger partial charge in [-0.25, -0.2) is 0 Å². The summed E-state index contributed by atoms with van der Waals surface area (Å²) in [6.07, 6.45) is 3.76. The van der Waals surface area contributed by atoms with Gasteiger partial charge in [-0.3, -0.25) is 10.1 Å². The molecule has 1 aromatic heterocycles. The summed E-state index contributed by atoms with van der Waals surface area (Å²) in [5, 5.41) is 16.2. The molecule has 5 heteroatoms. The molecule has 18 heavy (non-hydrogen) atoms. The fourth-order valence-electron chi connectivity index (χ4n) is 2.93. The van der Waals surface area contributed by atoms with Crippen LogP contribution in [0.4, 0.5) is 5.00 Å². The maximum absolute atomic E-state index is 10.6. The highest BCUT2D eigenvalue weighted by Gasteiger charge is 2.23. The Hall–Kier alpha value is -0.940. The van der Waals surface area contributed by atoms with Crippen LogP contribution < -0.4 is 5.32 Å². The van der Waals surface area contributed by atoms with E-state index in [9.17, 15) is 10.1 Å². The van der Waals surface area contributed by atoms with Gasteiger partial charge in [-0.2, -0.15) is 0 Å². The molecular formula is C13H20N2O2S. The second-order valence-corrected chi connectivity index (χ2v) is 6.44. The average Bonchev–Trinajstić information content (AvgIpc) is 2.73. The van der Waals surface area contributed by atoms with Crippen molar-refractivity contribution in [3.8, 4) is 0 Å². The zero-order valence-electron chi connectivity index (χ0n) is 10.9. The van der Waals surface area contributed by atoms with Gasteiger partial charge in [0.15, 0.2) is 0 Å². The Morgan fingerprint density at radius 2 is 2.06 bits per heavy atom. The molecule has 0 aliphatic heterocycles. The van der Waals surface area contributed by atoms with Crippen molar-refractivity contribution in [2.24, 2.45) is 11.8 Å². The van der Waals surface area contributed by atoms with E-state index in [4.69, 9.17) is 0 Å². The molecule has 2 unspecified atom stereocenters. The Kier molecular flexibility index (Phi) is 4.35. The zero-order valence-corrected chi connectivity index (χ0v) is 11.7. The van der Waals surface area contributed by atoms with Crippen LogP contribution in [0.2, 0.25) is 0 Å². The lowest BCUT2D eigenvalue weighted by atomic mass is 9.80. The van der Waals surface area contributed by atoms with Gasteiger partial charge >= 0.3 is 5.00 Å². The van der Waals surface area contributed by atoms with E-state index in [1.54, 1.807) is 6.07 Å². The summed E-state index contributed by atoms with van der Waals surface area (Å²) in [5.41, 5.74) is 1.03. The van der Waals surface area contributed by atoms with E-state index < -0.39 is 0 Å². The molecule has 1 aliphatic carbocycles. The topological polar surface area (TPSA) is 55.2 Å². The van der Waals surface area contributed by atoms with Crippen molar-refractivity contribution in [3.05, 3.63) is 27.1 Å². The van der Waals surface area contributed by atoms with E-state index in [0.29, 0.717) is 6.04 Å². The van der Waals surface area contributed by atoms with Crippen LogP contribution in [0.5, 0.6) is 0 Å². The van der Waals surface area contributed by atoms with Crippen molar-refractivity contribution >= 4 is 16.3 Å². The standard InChI is InChI=1S/C13H20N2O2S/c1-9-3-10(2)5-12(4-9)14-7-11-6-13(15(16)17)18-8-11/h6,8-10,12,14H,3-5,7H2,1-2H3. The maximum atomic E-state index is 10.6. The van der Waals surface area contributed by atoms with Crippen LogP contribution in [-0.2, 0) is 6.54 Å². The second kappa shape index (κ2) is 5.80. The molecule has 0 saturated heterocycles. The van der Waals surface area contributed by atoms with Crippen LogP contribution >= 0.6 is 11.3 Å². The molecule has 2 atom stereocenters. The van der Waals surface area contributed by atoms with E-state index in [0.717, 1.165) is 23.9 Å². The fraction of sp³-hybridized carbons (Fsp3) is 0.692. The van der Waals surface area contributed by atoms with Crippen LogP contribution in [0.1, 0.15) is 38.7 Å². The van der Waals surface area contributed by atoms with Gasteiger partial charge in [-0.15, -0.1) is 0 Å². The third-order valence-corrected chi connectivity index (χ3v) is 4.52. The summed E-state index contributed by atoms with van der Waals surface area (Å²) < 4.78 is 0. The van der Waals surface area contributed by atoms with Crippen molar-refractivity contribution in [1.29, 1.82) is 0 Å². The van der Waals surface area contributed by atoms with E-state index in [-0.39, 0.29) is 9.92 Å². The number of thiophene rings is 1. The monoisotopic (exact) mass is 268 g/mol. The fourth-order valence-corrected chi connectivity index (χ4v) is 3.66. The third kappa shape index (κ3) is 3.53. The summed E-state index contributed by atoms with van der Waals surface area (Å²) in [4.78, 5) is 10.3. The second-order valence-electron chi connectivity index (χ2n) is 5.55. The largest absolute Gasteiger partial charge is 0.324 e. The van der Waals surface area contributed by atoms with Crippen LogP contribution in [0.15, 0.2) is 11.4 Å². The molecule has 2 rings (SSSR count). The van der Waals surface area contributed by atoms with Gasteiger partial charge in [-0.1, -0.05) is 25.2 Å². The quantitative estimate of drug-likeness (QED) is 0.671. The number of nitrogens with zero attached hydrogens (tertiary/aromatic N) is 1. The molecule has 0 spiro atoms. The smallest absolute Gasteiger partial charge is 0.310 e. The Labute approximate surface area is 112 Å². The molecule has 1 N–H and O–H groups in total. The van der Waals surface area contributed by atoms with Gasteiger partial charge in [0.25, 0.3) is 0 Å². The van der Waals surface area contributed by atoms with Gasteiger partial charge in [-0.05, 0) is 36.7 Å². The van der Waals surface area contributed by atoms with Crippen LogP contribution in [0.25, 0.3) is 0 Å². The molecule has 1 aliphatic rings. The minimum absolute atomic E-state index is 0.234. The summed E-state index contributed by atoms with van der Waals surface area (Å²) in [7, 11) is 0. The number of nitro groups is 1. The molecule has 1 heterocycles. The normalized spacial score (nSPS) is 28.2. The molecule has 0 radical (unpaired) electrons. The molecule has 0 bridgehead atoms. The van der Waals surface area contributed by atoms with Crippen molar-refractivity contribution < 1.29 is 4.92 Å². The van der Waals surface area contributed by atoms with E-state index in [1.807, 2.05) is 5.38 Å². The minimum atomic E-state index is -0.321. The van der Waals surface area contributed by atoms with Gasteiger partial charge in [0.1, 0.15) is 0 Å².